The van der Waals surface area contributed by atoms with Crippen LogP contribution in [0.3, 0.4) is 0 Å². The highest BCUT2D eigenvalue weighted by Gasteiger charge is 2.33. The quantitative estimate of drug-likeness (QED) is 0.321. The van der Waals surface area contributed by atoms with E-state index < -0.39 is 28.9 Å². The zero-order chi connectivity index (χ0) is 30.0. The Kier molecular flexibility index (Phi) is 9.57. The number of hydrogen-bond acceptors (Lipinski definition) is 6. The zero-order valence-corrected chi connectivity index (χ0v) is 24.7. The van der Waals surface area contributed by atoms with E-state index in [9.17, 15) is 26.7 Å². The molecule has 2 saturated heterocycles. The van der Waals surface area contributed by atoms with Crippen LogP contribution in [0.1, 0.15) is 53.7 Å². The number of benzene rings is 2. The van der Waals surface area contributed by atoms with E-state index in [1.165, 1.54) is 22.9 Å². The largest absolute Gasteiger partial charge is 0.759 e. The van der Waals surface area contributed by atoms with Crippen LogP contribution >= 0.6 is 23.2 Å². The molecule has 15 heteroatoms. The number of nitrogens with zero attached hydrogens (tertiary/aromatic N) is 5. The second-order valence-corrected chi connectivity index (χ2v) is 11.8. The Hall–Kier alpha value is -2.52. The maximum atomic E-state index is 13.7. The van der Waals surface area contributed by atoms with Gasteiger partial charge in [0.25, 0.3) is 5.91 Å². The lowest BCUT2D eigenvalue weighted by Crippen LogP contribution is -2.46. The molecule has 5 rings (SSSR count). The van der Waals surface area contributed by atoms with Crippen LogP contribution in [0.5, 0.6) is 0 Å². The summed E-state index contributed by atoms with van der Waals surface area (Å²) in [4.78, 5) is 13.7. The maximum absolute atomic E-state index is 13.7. The molecule has 0 saturated carbocycles. The van der Waals surface area contributed by atoms with E-state index in [2.05, 4.69) is 10.5 Å². The number of aromatic nitrogens is 2. The van der Waals surface area contributed by atoms with Crippen LogP contribution in [-0.2, 0) is 24.0 Å². The number of carbonyl (C=O) groups excluding carboxylic acids is 1. The summed E-state index contributed by atoms with van der Waals surface area (Å²) in [5.41, 5.74) is 2.98. The SMILES string of the molecule is O=C(NN1CCCCC1)c1nn(-c2ccc(Cl)cc2Cl)c(-c2ccc(C(F)(F)F)cc2)c1CN(N1CCCC1)S(=O)[O-]. The Morgan fingerprint density at radius 1 is 1.00 bits per heavy atom. The van der Waals surface area contributed by atoms with Crippen molar-refractivity contribution in [2.24, 2.45) is 0 Å². The Morgan fingerprint density at radius 3 is 2.24 bits per heavy atom. The molecule has 226 valence electrons. The number of carbonyl (C=O) groups is 1. The fourth-order valence-corrected chi connectivity index (χ4v) is 6.31. The predicted molar refractivity (Wildman–Crippen MR) is 152 cm³/mol. The minimum absolute atomic E-state index is 0.0730. The molecule has 0 aliphatic carbocycles. The van der Waals surface area contributed by atoms with Crippen LogP contribution in [0, 0.1) is 0 Å². The first-order valence-electron chi connectivity index (χ1n) is 13.5. The fourth-order valence-electron chi connectivity index (χ4n) is 5.23. The third kappa shape index (κ3) is 6.83. The van der Waals surface area contributed by atoms with E-state index in [-0.39, 0.29) is 34.1 Å². The van der Waals surface area contributed by atoms with Crippen molar-refractivity contribution >= 4 is 40.4 Å². The van der Waals surface area contributed by atoms with E-state index in [1.807, 2.05) is 0 Å². The average Bonchev–Trinajstić information content (AvgIpc) is 3.60. The molecule has 2 aliphatic heterocycles. The fraction of sp³-hybridized carbons (Fsp3) is 0.407. The van der Waals surface area contributed by atoms with Crippen molar-refractivity contribution in [1.82, 2.24) is 29.6 Å². The summed E-state index contributed by atoms with van der Waals surface area (Å²) >= 11 is 9.96. The summed E-state index contributed by atoms with van der Waals surface area (Å²) in [7, 11) is 0. The van der Waals surface area contributed by atoms with Crippen LogP contribution in [-0.4, -0.2) is 65.1 Å². The van der Waals surface area contributed by atoms with Crippen molar-refractivity contribution < 1.29 is 26.7 Å². The van der Waals surface area contributed by atoms with Gasteiger partial charge in [0.1, 0.15) is 0 Å². The van der Waals surface area contributed by atoms with Crippen LogP contribution in [0.25, 0.3) is 16.9 Å². The second kappa shape index (κ2) is 13.0. The molecule has 0 bridgehead atoms. The van der Waals surface area contributed by atoms with Gasteiger partial charge < -0.3 is 4.55 Å². The van der Waals surface area contributed by atoms with Gasteiger partial charge in [-0.2, -0.15) is 22.7 Å². The number of piperidine rings is 1. The minimum atomic E-state index is -4.56. The van der Waals surface area contributed by atoms with Crippen molar-refractivity contribution in [2.75, 3.05) is 26.2 Å². The van der Waals surface area contributed by atoms with Crippen LogP contribution in [0.2, 0.25) is 10.0 Å². The summed E-state index contributed by atoms with van der Waals surface area (Å²) in [5, 5.41) is 8.58. The average molecular weight is 645 g/mol. The Balaban J connectivity index is 1.70. The number of rotatable bonds is 8. The first-order valence-corrected chi connectivity index (χ1v) is 15.2. The van der Waals surface area contributed by atoms with Gasteiger partial charge in [-0.15, -0.1) is 0 Å². The first-order chi connectivity index (χ1) is 20.0. The zero-order valence-electron chi connectivity index (χ0n) is 22.4. The molecule has 1 aromatic heterocycles. The Labute approximate surface area is 253 Å². The lowest BCUT2D eigenvalue weighted by molar-refractivity contribution is -0.137. The molecule has 42 heavy (non-hydrogen) atoms. The van der Waals surface area contributed by atoms with Gasteiger partial charge in [-0.05, 0) is 56.0 Å². The molecular formula is C27H28Cl2F3N6O3S-. The molecule has 1 unspecified atom stereocenters. The van der Waals surface area contributed by atoms with Crippen LogP contribution < -0.4 is 5.43 Å². The van der Waals surface area contributed by atoms with Crippen molar-refractivity contribution in [3.63, 3.8) is 0 Å². The third-order valence-electron chi connectivity index (χ3n) is 7.30. The normalized spacial score (nSPS) is 17.6. The molecule has 2 aliphatic rings. The van der Waals surface area contributed by atoms with E-state index in [4.69, 9.17) is 23.2 Å². The molecule has 9 nitrogen and oxygen atoms in total. The van der Waals surface area contributed by atoms with Crippen LogP contribution in [0.15, 0.2) is 42.5 Å². The van der Waals surface area contributed by atoms with Gasteiger partial charge in [-0.25, -0.2) is 14.7 Å². The molecule has 3 aromatic rings. The molecule has 2 fully saturated rings. The smallest absolute Gasteiger partial charge is 0.416 e. The molecule has 1 atom stereocenters. The van der Waals surface area contributed by atoms with Gasteiger partial charge in [-0.3, -0.25) is 14.4 Å². The highest BCUT2D eigenvalue weighted by atomic mass is 35.5. The standard InChI is InChI=1S/C27H29Cl2F3N6O3S/c28-20-10-11-23(22(29)16-20)38-25(18-6-8-19(9-7-18)27(30,31)32)21(17-37(42(40)41)36-14-4-5-15-36)24(33-38)26(39)34-35-12-2-1-3-13-35/h6-11,16H,1-5,12-15,17H2,(H,34,39)(H,40,41)/p-1. The molecule has 3 heterocycles. The topological polar surface area (TPSA) is 96.8 Å². The van der Waals surface area contributed by atoms with Gasteiger partial charge in [-0.1, -0.05) is 41.8 Å². The van der Waals surface area contributed by atoms with E-state index in [0.29, 0.717) is 36.9 Å². The summed E-state index contributed by atoms with van der Waals surface area (Å²) in [5.74, 6) is -0.568. The van der Waals surface area contributed by atoms with Gasteiger partial charge in [0.2, 0.25) is 0 Å². The highest BCUT2D eigenvalue weighted by Crippen LogP contribution is 2.36. The monoisotopic (exact) mass is 643 g/mol. The lowest BCUT2D eigenvalue weighted by atomic mass is 10.0. The molecule has 1 N–H and O–H groups in total. The summed E-state index contributed by atoms with van der Waals surface area (Å²) < 4.78 is 67.6. The number of nitrogens with one attached hydrogen (secondary N) is 1. The number of hydrazine groups is 2. The van der Waals surface area contributed by atoms with Crippen LogP contribution in [0.4, 0.5) is 13.2 Å². The second-order valence-electron chi connectivity index (χ2n) is 10.1. The predicted octanol–water partition coefficient (Wildman–Crippen LogP) is 5.60. The third-order valence-corrected chi connectivity index (χ3v) is 8.54. The molecule has 2 aromatic carbocycles. The number of amides is 1. The van der Waals surface area contributed by atoms with Crippen molar-refractivity contribution in [3.05, 3.63) is 69.3 Å². The molecular weight excluding hydrogens is 616 g/mol. The van der Waals surface area contributed by atoms with Gasteiger partial charge in [0.05, 0.1) is 28.5 Å². The molecule has 1 amide bonds. The summed E-state index contributed by atoms with van der Waals surface area (Å²) in [6.45, 7) is 1.99. The number of hydrogen-bond donors (Lipinski definition) is 1. The molecule has 0 radical (unpaired) electrons. The lowest BCUT2D eigenvalue weighted by Gasteiger charge is -2.33. The Morgan fingerprint density at radius 2 is 1.64 bits per heavy atom. The first kappa shape index (κ1) is 30.9. The van der Waals surface area contributed by atoms with Gasteiger partial charge in [0, 0.05) is 53.6 Å². The maximum Gasteiger partial charge on any atom is 0.416 e. The van der Waals surface area contributed by atoms with Crippen molar-refractivity contribution in [3.8, 4) is 16.9 Å². The van der Waals surface area contributed by atoms with E-state index in [1.54, 1.807) is 22.2 Å². The van der Waals surface area contributed by atoms with E-state index >= 15 is 0 Å². The van der Waals surface area contributed by atoms with Crippen molar-refractivity contribution in [2.45, 2.75) is 44.8 Å². The number of halogens is 5. The highest BCUT2D eigenvalue weighted by molar-refractivity contribution is 7.76. The number of alkyl halides is 3. The minimum Gasteiger partial charge on any atom is -0.759 e. The van der Waals surface area contributed by atoms with Gasteiger partial charge >= 0.3 is 6.18 Å². The van der Waals surface area contributed by atoms with Crippen molar-refractivity contribution in [1.29, 1.82) is 0 Å². The Bertz CT molecular complexity index is 1460. The molecule has 0 spiro atoms. The summed E-state index contributed by atoms with van der Waals surface area (Å²) in [6.07, 6.45) is -0.137. The van der Waals surface area contributed by atoms with E-state index in [0.717, 1.165) is 48.7 Å². The summed E-state index contributed by atoms with van der Waals surface area (Å²) in [6, 6.07) is 9.01. The van der Waals surface area contributed by atoms with Gasteiger partial charge in [0.15, 0.2) is 5.69 Å².